The highest BCUT2D eigenvalue weighted by molar-refractivity contribution is 9.10. The van der Waals surface area contributed by atoms with E-state index in [4.69, 9.17) is 4.74 Å². The topological polar surface area (TPSA) is 22.1 Å². The summed E-state index contributed by atoms with van der Waals surface area (Å²) < 4.78 is 18.6. The van der Waals surface area contributed by atoms with Gasteiger partial charge in [-0.25, -0.2) is 9.37 Å². The summed E-state index contributed by atoms with van der Waals surface area (Å²) in [6, 6.07) is 2.63. The van der Waals surface area contributed by atoms with Gasteiger partial charge in [-0.15, -0.1) is 0 Å². The van der Waals surface area contributed by atoms with Crippen molar-refractivity contribution in [3.63, 3.8) is 0 Å². The van der Waals surface area contributed by atoms with E-state index in [1.807, 2.05) is 0 Å². The van der Waals surface area contributed by atoms with Gasteiger partial charge in [-0.05, 0) is 27.6 Å². The van der Waals surface area contributed by atoms with Gasteiger partial charge in [-0.1, -0.05) is 19.2 Å². The van der Waals surface area contributed by atoms with E-state index < -0.39 is 0 Å². The average Bonchev–Trinajstić information content (AvgIpc) is 2.16. The van der Waals surface area contributed by atoms with E-state index >= 15 is 0 Å². The molecule has 0 saturated heterocycles. The minimum absolute atomic E-state index is 0.253. The van der Waals surface area contributed by atoms with Crippen LogP contribution in [0.1, 0.15) is 5.69 Å². The van der Waals surface area contributed by atoms with Crippen molar-refractivity contribution < 1.29 is 9.13 Å². The Balaban J connectivity index is 2.50. The molecule has 0 unspecified atom stereocenters. The summed E-state index contributed by atoms with van der Waals surface area (Å²) in [4.78, 5) is 4.05. The highest BCUT2D eigenvalue weighted by Crippen LogP contribution is 2.11. The van der Waals surface area contributed by atoms with Crippen molar-refractivity contribution in [3.8, 4) is 0 Å². The first-order valence-electron chi connectivity index (χ1n) is 4.31. The van der Waals surface area contributed by atoms with Crippen molar-refractivity contribution in [2.75, 3.05) is 6.61 Å². The summed E-state index contributed by atoms with van der Waals surface area (Å²) in [5.74, 6) is -0.335. The molecule has 0 N–H and O–H groups in total. The molecule has 0 bridgehead atoms. The Labute approximate surface area is 96.6 Å². The van der Waals surface area contributed by atoms with Gasteiger partial charge < -0.3 is 4.74 Å². The first-order valence-corrected chi connectivity index (χ1v) is 5.11. The van der Waals surface area contributed by atoms with Gasteiger partial charge in [-0.2, -0.15) is 0 Å². The van der Waals surface area contributed by atoms with Crippen LogP contribution in [-0.2, 0) is 11.3 Å². The van der Waals surface area contributed by atoms with Gasteiger partial charge in [0.1, 0.15) is 10.4 Å². The molecular formula is C11H11BrFNO. The molecule has 1 rings (SSSR count). The number of hydrogen-bond donors (Lipinski definition) is 0. The Morgan fingerprint density at radius 2 is 2.33 bits per heavy atom. The predicted octanol–water partition coefficient (Wildman–Crippen LogP) is 3.24. The van der Waals surface area contributed by atoms with E-state index in [-0.39, 0.29) is 12.4 Å². The largest absolute Gasteiger partial charge is 0.371 e. The van der Waals surface area contributed by atoms with Gasteiger partial charge >= 0.3 is 0 Å². The maximum Gasteiger partial charge on any atom is 0.127 e. The highest BCUT2D eigenvalue weighted by atomic mass is 79.9. The Hall–Kier alpha value is -1.000. The van der Waals surface area contributed by atoms with E-state index in [2.05, 4.69) is 34.1 Å². The molecule has 0 aromatic carbocycles. The molecule has 2 nitrogen and oxygen atoms in total. The molecule has 0 radical (unpaired) electrons. The molecule has 80 valence electrons. The molecule has 0 atom stereocenters. The number of rotatable bonds is 5. The highest BCUT2D eigenvalue weighted by Gasteiger charge is 2.00. The van der Waals surface area contributed by atoms with Crippen LogP contribution in [0.2, 0.25) is 0 Å². The molecule has 1 aromatic heterocycles. The molecular weight excluding hydrogens is 261 g/mol. The van der Waals surface area contributed by atoms with E-state index in [9.17, 15) is 4.39 Å². The van der Waals surface area contributed by atoms with Gasteiger partial charge in [0, 0.05) is 6.07 Å². The summed E-state index contributed by atoms with van der Waals surface area (Å²) in [6.07, 6.45) is 1.62. The smallest absolute Gasteiger partial charge is 0.127 e. The van der Waals surface area contributed by atoms with Crippen LogP contribution in [0.3, 0.4) is 0 Å². The van der Waals surface area contributed by atoms with Crippen LogP contribution in [0.25, 0.3) is 0 Å². The van der Waals surface area contributed by atoms with Gasteiger partial charge in [0.25, 0.3) is 0 Å². The predicted molar refractivity (Wildman–Crippen MR) is 60.9 cm³/mol. The van der Waals surface area contributed by atoms with Crippen molar-refractivity contribution in [3.05, 3.63) is 53.1 Å². The van der Waals surface area contributed by atoms with Gasteiger partial charge in [0.15, 0.2) is 0 Å². The van der Waals surface area contributed by atoms with Crippen molar-refractivity contribution in [1.82, 2.24) is 4.98 Å². The monoisotopic (exact) mass is 271 g/mol. The van der Waals surface area contributed by atoms with Crippen molar-refractivity contribution in [1.29, 1.82) is 0 Å². The standard InChI is InChI=1S/C11H11BrFNO/c1-3-8(2)6-15-7-10-4-9(13)5-11(12)14-10/h3-5H,1-2,6-7H2. The molecule has 0 spiro atoms. The Morgan fingerprint density at radius 3 is 2.93 bits per heavy atom. The molecule has 0 fully saturated rings. The minimum atomic E-state index is -0.335. The zero-order valence-electron chi connectivity index (χ0n) is 8.17. The lowest BCUT2D eigenvalue weighted by Crippen LogP contribution is -1.99. The van der Waals surface area contributed by atoms with Crippen molar-refractivity contribution in [2.24, 2.45) is 0 Å². The first kappa shape index (κ1) is 12.1. The van der Waals surface area contributed by atoms with Crippen LogP contribution in [0, 0.1) is 5.82 Å². The molecule has 4 heteroatoms. The maximum atomic E-state index is 12.9. The van der Waals surface area contributed by atoms with Crippen LogP contribution in [0.5, 0.6) is 0 Å². The molecule has 0 aliphatic heterocycles. The fourth-order valence-corrected chi connectivity index (χ4v) is 1.38. The Kier molecular flexibility index (Phi) is 4.65. The lowest BCUT2D eigenvalue weighted by molar-refractivity contribution is 0.141. The molecule has 1 heterocycles. The van der Waals surface area contributed by atoms with Gasteiger partial charge in [0.2, 0.25) is 0 Å². The summed E-state index contributed by atoms with van der Waals surface area (Å²) in [7, 11) is 0. The maximum absolute atomic E-state index is 12.9. The quantitative estimate of drug-likeness (QED) is 0.606. The molecule has 0 amide bonds. The third-order valence-electron chi connectivity index (χ3n) is 1.64. The number of pyridine rings is 1. The van der Waals surface area contributed by atoms with Crippen LogP contribution >= 0.6 is 15.9 Å². The Morgan fingerprint density at radius 1 is 1.60 bits per heavy atom. The summed E-state index contributed by atoms with van der Waals surface area (Å²) in [6.45, 7) is 7.87. The average molecular weight is 272 g/mol. The van der Waals surface area contributed by atoms with Crippen LogP contribution < -0.4 is 0 Å². The van der Waals surface area contributed by atoms with Crippen molar-refractivity contribution >= 4 is 15.9 Å². The number of ether oxygens (including phenoxy) is 1. The van der Waals surface area contributed by atoms with E-state index in [1.165, 1.54) is 12.1 Å². The van der Waals surface area contributed by atoms with Crippen LogP contribution in [0.4, 0.5) is 4.39 Å². The van der Waals surface area contributed by atoms with E-state index in [0.717, 1.165) is 5.57 Å². The number of halogens is 2. The summed E-state index contributed by atoms with van der Waals surface area (Å²) >= 11 is 3.11. The lowest BCUT2D eigenvalue weighted by Gasteiger charge is -2.04. The second-order valence-electron chi connectivity index (χ2n) is 2.95. The van der Waals surface area contributed by atoms with E-state index in [1.54, 1.807) is 6.08 Å². The molecule has 0 saturated carbocycles. The van der Waals surface area contributed by atoms with Gasteiger partial charge in [0.05, 0.1) is 18.9 Å². The lowest BCUT2D eigenvalue weighted by atomic mass is 10.3. The number of aromatic nitrogens is 1. The first-order chi connectivity index (χ1) is 7.11. The number of nitrogens with zero attached hydrogens (tertiary/aromatic N) is 1. The second kappa shape index (κ2) is 5.78. The summed E-state index contributed by atoms with van der Waals surface area (Å²) in [5, 5.41) is 0. The number of hydrogen-bond acceptors (Lipinski definition) is 2. The SMILES string of the molecule is C=CC(=C)COCc1cc(F)cc(Br)n1. The normalized spacial score (nSPS) is 10.0. The third kappa shape index (κ3) is 4.36. The Bertz CT molecular complexity index is 359. The van der Waals surface area contributed by atoms with Crippen LogP contribution in [-0.4, -0.2) is 11.6 Å². The van der Waals surface area contributed by atoms with Crippen LogP contribution in [0.15, 0.2) is 41.5 Å². The minimum Gasteiger partial charge on any atom is -0.371 e. The third-order valence-corrected chi connectivity index (χ3v) is 2.04. The van der Waals surface area contributed by atoms with E-state index in [0.29, 0.717) is 16.9 Å². The zero-order chi connectivity index (χ0) is 11.3. The fraction of sp³-hybridized carbons (Fsp3) is 0.182. The summed E-state index contributed by atoms with van der Waals surface area (Å²) in [5.41, 5.74) is 1.32. The fourth-order valence-electron chi connectivity index (χ4n) is 0.936. The molecule has 15 heavy (non-hydrogen) atoms. The van der Waals surface area contributed by atoms with Gasteiger partial charge in [-0.3, -0.25) is 0 Å². The molecule has 0 aliphatic rings. The molecule has 0 aliphatic carbocycles. The van der Waals surface area contributed by atoms with Crippen molar-refractivity contribution in [2.45, 2.75) is 6.61 Å². The second-order valence-corrected chi connectivity index (χ2v) is 3.77. The zero-order valence-corrected chi connectivity index (χ0v) is 9.76. The molecule has 1 aromatic rings.